The number of hydrogen-bond acceptors (Lipinski definition) is 3. The lowest BCUT2D eigenvalue weighted by Gasteiger charge is -2.25. The Kier molecular flexibility index (Phi) is 5.98. The van der Waals surface area contributed by atoms with Crippen molar-refractivity contribution < 1.29 is 18.7 Å². The normalized spacial score (nSPS) is 14.8. The van der Waals surface area contributed by atoms with E-state index in [1.165, 1.54) is 24.3 Å². The smallest absolute Gasteiger partial charge is 0.255 e. The third-order valence-corrected chi connectivity index (χ3v) is 5.42. The highest BCUT2D eigenvalue weighted by molar-refractivity contribution is 6.04. The average Bonchev–Trinajstić information content (AvgIpc) is 2.78. The first kappa shape index (κ1) is 20.6. The van der Waals surface area contributed by atoms with Gasteiger partial charge in [0.05, 0.1) is 5.92 Å². The summed E-state index contributed by atoms with van der Waals surface area (Å²) in [6, 6.07) is 18.7. The van der Waals surface area contributed by atoms with E-state index in [4.69, 9.17) is 4.74 Å². The fourth-order valence-corrected chi connectivity index (χ4v) is 3.58. The van der Waals surface area contributed by atoms with Gasteiger partial charge in [-0.15, -0.1) is 0 Å². The molecule has 0 unspecified atom stereocenters. The molecule has 6 heteroatoms. The van der Waals surface area contributed by atoms with Crippen LogP contribution in [-0.2, 0) is 17.8 Å². The molecular formula is C25H23FN2O3. The number of amides is 2. The molecule has 0 bridgehead atoms. The fraction of sp³-hybridized carbons (Fsp3) is 0.200. The maximum Gasteiger partial charge on any atom is 0.255 e. The molecule has 4 rings (SSSR count). The second-order valence-electron chi connectivity index (χ2n) is 7.64. The lowest BCUT2D eigenvalue weighted by Crippen LogP contribution is -2.37. The number of ether oxygens (including phenoxy) is 1. The van der Waals surface area contributed by atoms with Crippen LogP contribution in [0, 0.1) is 18.7 Å². The van der Waals surface area contributed by atoms with Crippen LogP contribution in [0.4, 0.5) is 10.1 Å². The zero-order chi connectivity index (χ0) is 21.8. The van der Waals surface area contributed by atoms with Crippen LogP contribution < -0.4 is 15.4 Å². The molecule has 2 amide bonds. The molecule has 0 spiro atoms. The number of fused-ring (bicyclic) bond motifs is 1. The first-order valence-electron chi connectivity index (χ1n) is 10.1. The Bertz CT molecular complexity index is 1110. The summed E-state index contributed by atoms with van der Waals surface area (Å²) in [5, 5.41) is 5.80. The molecule has 0 aliphatic carbocycles. The minimum Gasteiger partial charge on any atom is -0.492 e. The molecule has 0 saturated carbocycles. The summed E-state index contributed by atoms with van der Waals surface area (Å²) < 4.78 is 18.8. The van der Waals surface area contributed by atoms with Gasteiger partial charge >= 0.3 is 0 Å². The second kappa shape index (κ2) is 9.00. The highest BCUT2D eigenvalue weighted by Crippen LogP contribution is 2.30. The predicted octanol–water partition coefficient (Wildman–Crippen LogP) is 4.25. The van der Waals surface area contributed by atoms with E-state index in [9.17, 15) is 14.0 Å². The minimum atomic E-state index is -0.394. The SMILES string of the molecule is Cc1ccccc1CNC(=O)[C@H]1COc2ccc(NC(=O)c3ccc(F)cc3)cc2C1. The van der Waals surface area contributed by atoms with Crippen molar-refractivity contribution in [1.82, 2.24) is 5.32 Å². The number of benzene rings is 3. The fourth-order valence-electron chi connectivity index (χ4n) is 3.58. The summed E-state index contributed by atoms with van der Waals surface area (Å²) >= 11 is 0. The van der Waals surface area contributed by atoms with Crippen molar-refractivity contribution in [2.45, 2.75) is 19.9 Å². The Hall–Kier alpha value is -3.67. The summed E-state index contributed by atoms with van der Waals surface area (Å²) in [4.78, 5) is 25.1. The van der Waals surface area contributed by atoms with Gasteiger partial charge in [0.25, 0.3) is 5.91 Å². The van der Waals surface area contributed by atoms with Crippen molar-refractivity contribution in [3.63, 3.8) is 0 Å². The van der Waals surface area contributed by atoms with Crippen molar-refractivity contribution >= 4 is 17.5 Å². The molecule has 0 radical (unpaired) electrons. The van der Waals surface area contributed by atoms with Crippen molar-refractivity contribution in [2.75, 3.05) is 11.9 Å². The summed E-state index contributed by atoms with van der Waals surface area (Å²) in [5.41, 5.74) is 4.04. The average molecular weight is 418 g/mol. The molecule has 1 atom stereocenters. The lowest BCUT2D eigenvalue weighted by atomic mass is 9.95. The van der Waals surface area contributed by atoms with E-state index in [0.29, 0.717) is 36.6 Å². The maximum atomic E-state index is 13.1. The Morgan fingerprint density at radius 1 is 1.06 bits per heavy atom. The Morgan fingerprint density at radius 3 is 2.61 bits per heavy atom. The molecule has 3 aromatic carbocycles. The minimum absolute atomic E-state index is 0.0605. The van der Waals surface area contributed by atoms with Crippen LogP contribution >= 0.6 is 0 Å². The highest BCUT2D eigenvalue weighted by Gasteiger charge is 2.26. The molecule has 0 fully saturated rings. The number of aryl methyl sites for hydroxylation is 1. The summed E-state index contributed by atoms with van der Waals surface area (Å²) in [6.07, 6.45) is 0.523. The van der Waals surface area contributed by atoms with Gasteiger partial charge in [0.15, 0.2) is 0 Å². The number of carbonyl (C=O) groups is 2. The van der Waals surface area contributed by atoms with Gasteiger partial charge in [-0.1, -0.05) is 24.3 Å². The zero-order valence-corrected chi connectivity index (χ0v) is 17.2. The van der Waals surface area contributed by atoms with E-state index >= 15 is 0 Å². The summed E-state index contributed by atoms with van der Waals surface area (Å²) in [7, 11) is 0. The Labute approximate surface area is 180 Å². The molecule has 2 N–H and O–H groups in total. The lowest BCUT2D eigenvalue weighted by molar-refractivity contribution is -0.126. The van der Waals surface area contributed by atoms with Crippen LogP contribution in [0.25, 0.3) is 0 Å². The van der Waals surface area contributed by atoms with Gasteiger partial charge in [-0.2, -0.15) is 0 Å². The van der Waals surface area contributed by atoms with E-state index < -0.39 is 5.82 Å². The highest BCUT2D eigenvalue weighted by atomic mass is 19.1. The maximum absolute atomic E-state index is 13.1. The molecule has 1 aliphatic heterocycles. The number of carbonyl (C=O) groups excluding carboxylic acids is 2. The van der Waals surface area contributed by atoms with E-state index in [0.717, 1.165) is 16.7 Å². The van der Waals surface area contributed by atoms with Crippen LogP contribution in [0.2, 0.25) is 0 Å². The molecular weight excluding hydrogens is 395 g/mol. The first-order valence-corrected chi connectivity index (χ1v) is 10.1. The number of hydrogen-bond donors (Lipinski definition) is 2. The summed E-state index contributed by atoms with van der Waals surface area (Å²) in [5.74, 6) is -0.379. The van der Waals surface area contributed by atoms with E-state index in [-0.39, 0.29) is 17.7 Å². The molecule has 158 valence electrons. The molecule has 3 aromatic rings. The van der Waals surface area contributed by atoms with Crippen LogP contribution in [0.3, 0.4) is 0 Å². The number of halogens is 1. The first-order chi connectivity index (χ1) is 15.0. The van der Waals surface area contributed by atoms with E-state index in [1.807, 2.05) is 37.3 Å². The van der Waals surface area contributed by atoms with Gasteiger partial charge in [0, 0.05) is 17.8 Å². The van der Waals surface area contributed by atoms with Crippen LogP contribution in [0.15, 0.2) is 66.7 Å². The third-order valence-electron chi connectivity index (χ3n) is 5.42. The standard InChI is InChI=1S/C25H23FN2O3/c1-16-4-2-3-5-18(16)14-27-24(29)20-12-19-13-22(10-11-23(19)31-15-20)28-25(30)17-6-8-21(26)9-7-17/h2-11,13,20H,12,14-15H2,1H3,(H,27,29)(H,28,30)/t20-/m1/s1. The van der Waals surface area contributed by atoms with Crippen LogP contribution in [0.5, 0.6) is 5.75 Å². The predicted molar refractivity (Wildman–Crippen MR) is 117 cm³/mol. The van der Waals surface area contributed by atoms with Crippen molar-refractivity contribution in [1.29, 1.82) is 0 Å². The zero-order valence-electron chi connectivity index (χ0n) is 17.2. The number of anilines is 1. The number of nitrogens with one attached hydrogen (secondary N) is 2. The molecule has 1 aliphatic rings. The van der Waals surface area contributed by atoms with Gasteiger partial charge in [0.2, 0.25) is 5.91 Å². The van der Waals surface area contributed by atoms with E-state index in [2.05, 4.69) is 10.6 Å². The van der Waals surface area contributed by atoms with Crippen molar-refractivity contribution in [3.8, 4) is 5.75 Å². The topological polar surface area (TPSA) is 67.4 Å². The molecule has 0 saturated heterocycles. The largest absolute Gasteiger partial charge is 0.492 e. The van der Waals surface area contributed by atoms with Gasteiger partial charge in [-0.05, 0) is 72.5 Å². The van der Waals surface area contributed by atoms with Crippen LogP contribution in [0.1, 0.15) is 27.0 Å². The Morgan fingerprint density at radius 2 is 1.84 bits per heavy atom. The van der Waals surface area contributed by atoms with E-state index in [1.54, 1.807) is 12.1 Å². The Balaban J connectivity index is 1.40. The van der Waals surface area contributed by atoms with Crippen molar-refractivity contribution in [3.05, 3.63) is 94.8 Å². The summed E-state index contributed by atoms with van der Waals surface area (Å²) in [6.45, 7) is 2.81. The quantitative estimate of drug-likeness (QED) is 0.651. The van der Waals surface area contributed by atoms with Gasteiger partial charge < -0.3 is 15.4 Å². The molecule has 31 heavy (non-hydrogen) atoms. The van der Waals surface area contributed by atoms with Crippen molar-refractivity contribution in [2.24, 2.45) is 5.92 Å². The van der Waals surface area contributed by atoms with Gasteiger partial charge in [-0.3, -0.25) is 9.59 Å². The number of rotatable bonds is 5. The van der Waals surface area contributed by atoms with Gasteiger partial charge in [-0.25, -0.2) is 4.39 Å². The van der Waals surface area contributed by atoms with Gasteiger partial charge in [0.1, 0.15) is 18.2 Å². The second-order valence-corrected chi connectivity index (χ2v) is 7.64. The molecule has 0 aromatic heterocycles. The molecule has 5 nitrogen and oxygen atoms in total. The monoisotopic (exact) mass is 418 g/mol. The third kappa shape index (κ3) is 4.91. The van der Waals surface area contributed by atoms with Crippen LogP contribution in [-0.4, -0.2) is 18.4 Å². The molecule has 1 heterocycles.